The summed E-state index contributed by atoms with van der Waals surface area (Å²) in [5.74, 6) is 0. The van der Waals surface area contributed by atoms with Crippen molar-refractivity contribution in [3.05, 3.63) is 108 Å². The minimum absolute atomic E-state index is 0.0318. The average Bonchev–Trinajstić information content (AvgIpc) is 2.86. The second-order valence-electron chi connectivity index (χ2n) is 8.64. The van der Waals surface area contributed by atoms with Gasteiger partial charge in [-0.15, -0.1) is 0 Å². The molecule has 0 nitrogen and oxygen atoms in total. The summed E-state index contributed by atoms with van der Waals surface area (Å²) in [6.07, 6.45) is -15.3. The first-order valence-electron chi connectivity index (χ1n) is 11.2. The third kappa shape index (κ3) is 4.36. The molecule has 5 rings (SSSR count). The van der Waals surface area contributed by atoms with Crippen molar-refractivity contribution in [1.29, 1.82) is 0 Å². The van der Waals surface area contributed by atoms with Gasteiger partial charge < -0.3 is 0 Å². The van der Waals surface area contributed by atoms with E-state index in [2.05, 4.69) is 0 Å². The monoisotopic (exact) mass is 534 g/mol. The summed E-state index contributed by atoms with van der Waals surface area (Å²) in [6, 6.07) is 17.5. The van der Waals surface area contributed by atoms with E-state index >= 15 is 0 Å². The van der Waals surface area contributed by atoms with Crippen molar-refractivity contribution >= 4 is 21.5 Å². The molecule has 38 heavy (non-hydrogen) atoms. The molecule has 0 aliphatic rings. The Kier molecular flexibility index (Phi) is 5.93. The molecule has 0 aliphatic carbocycles. The number of fused-ring (bicyclic) bond motifs is 3. The third-order valence-corrected chi connectivity index (χ3v) is 6.36. The van der Waals surface area contributed by atoms with Gasteiger partial charge in [0.15, 0.2) is 0 Å². The summed E-state index contributed by atoms with van der Waals surface area (Å²) >= 11 is 0. The van der Waals surface area contributed by atoms with Crippen molar-refractivity contribution in [2.24, 2.45) is 0 Å². The molecule has 0 heterocycles. The lowest BCUT2D eigenvalue weighted by molar-refractivity contribution is -0.139. The van der Waals surface area contributed by atoms with Crippen LogP contribution in [0.3, 0.4) is 0 Å². The van der Waals surface area contributed by atoms with E-state index in [4.69, 9.17) is 0 Å². The van der Waals surface area contributed by atoms with Gasteiger partial charge in [-0.1, -0.05) is 72.8 Å². The van der Waals surface area contributed by atoms with E-state index in [0.717, 1.165) is 36.4 Å². The van der Waals surface area contributed by atoms with Crippen molar-refractivity contribution in [1.82, 2.24) is 0 Å². The van der Waals surface area contributed by atoms with Crippen LogP contribution in [0.1, 0.15) is 16.7 Å². The summed E-state index contributed by atoms with van der Waals surface area (Å²) in [4.78, 5) is 0. The van der Waals surface area contributed by atoms with E-state index in [1.165, 1.54) is 24.3 Å². The van der Waals surface area contributed by atoms with Crippen LogP contribution in [-0.2, 0) is 18.5 Å². The van der Waals surface area contributed by atoms with E-state index in [9.17, 15) is 39.5 Å². The molecule has 0 N–H and O–H groups in total. The lowest BCUT2D eigenvalue weighted by Crippen LogP contribution is -2.14. The molecule has 0 aliphatic heterocycles. The molecule has 0 saturated carbocycles. The molecule has 0 amide bonds. The Morgan fingerprint density at radius 2 is 0.842 bits per heavy atom. The summed E-state index contributed by atoms with van der Waals surface area (Å²) < 4.78 is 128. The van der Waals surface area contributed by atoms with Crippen LogP contribution < -0.4 is 0 Å². The zero-order valence-corrected chi connectivity index (χ0v) is 19.1. The van der Waals surface area contributed by atoms with Crippen molar-refractivity contribution in [2.45, 2.75) is 18.5 Å². The predicted molar refractivity (Wildman–Crippen MR) is 127 cm³/mol. The first kappa shape index (κ1) is 25.6. The summed E-state index contributed by atoms with van der Waals surface area (Å²) in [5, 5.41) is 0.763. The quantitative estimate of drug-likeness (QED) is 0.156. The van der Waals surface area contributed by atoms with Gasteiger partial charge in [0.25, 0.3) is 0 Å². The zero-order chi connectivity index (χ0) is 27.5. The van der Waals surface area contributed by atoms with Crippen molar-refractivity contribution in [2.75, 3.05) is 0 Å². The Morgan fingerprint density at radius 3 is 1.39 bits per heavy atom. The normalized spacial score (nSPS) is 12.9. The van der Waals surface area contributed by atoms with Crippen LogP contribution in [-0.4, -0.2) is 0 Å². The summed E-state index contributed by atoms with van der Waals surface area (Å²) in [5.41, 5.74) is -7.19. The number of rotatable bonds is 2. The van der Waals surface area contributed by atoms with Gasteiger partial charge in [0.1, 0.15) is 0 Å². The van der Waals surface area contributed by atoms with Crippen LogP contribution in [0.5, 0.6) is 0 Å². The molecule has 0 saturated heterocycles. The molecule has 0 aromatic heterocycles. The Hall–Kier alpha value is -4.01. The molecule has 0 atom stereocenters. The predicted octanol–water partition coefficient (Wildman–Crippen LogP) is 10.4. The second-order valence-corrected chi connectivity index (χ2v) is 8.64. The maximum Gasteiger partial charge on any atom is 0.417 e. The maximum absolute atomic E-state index is 14.6. The molecule has 9 heteroatoms. The highest BCUT2D eigenvalue weighted by Gasteiger charge is 2.42. The van der Waals surface area contributed by atoms with Gasteiger partial charge in [-0.2, -0.15) is 39.5 Å². The molecule has 0 unspecified atom stereocenters. The lowest BCUT2D eigenvalue weighted by atomic mass is 9.82. The Balaban J connectivity index is 2.10. The van der Waals surface area contributed by atoms with E-state index < -0.39 is 57.5 Å². The Labute approximate surface area is 209 Å². The third-order valence-electron chi connectivity index (χ3n) is 6.36. The van der Waals surface area contributed by atoms with Crippen LogP contribution in [0.4, 0.5) is 39.5 Å². The van der Waals surface area contributed by atoms with Crippen LogP contribution in [0, 0.1) is 0 Å². The minimum atomic E-state index is -5.19. The Bertz CT molecular complexity index is 1670. The first-order chi connectivity index (χ1) is 17.8. The topological polar surface area (TPSA) is 0 Å². The molecule has 0 spiro atoms. The minimum Gasteiger partial charge on any atom is -0.166 e. The van der Waals surface area contributed by atoms with Gasteiger partial charge in [0.2, 0.25) is 0 Å². The number of halogens is 9. The fraction of sp³-hybridized carbons (Fsp3) is 0.103. The van der Waals surface area contributed by atoms with Gasteiger partial charge in [0.05, 0.1) is 16.7 Å². The highest BCUT2D eigenvalue weighted by atomic mass is 19.4. The van der Waals surface area contributed by atoms with Crippen LogP contribution in [0.2, 0.25) is 0 Å². The molecule has 5 aromatic carbocycles. The number of alkyl halides is 9. The molecular weight excluding hydrogens is 519 g/mol. The van der Waals surface area contributed by atoms with Gasteiger partial charge in [-0.3, -0.25) is 0 Å². The molecule has 5 aromatic rings. The van der Waals surface area contributed by atoms with E-state index in [-0.39, 0.29) is 10.8 Å². The van der Waals surface area contributed by atoms with Crippen molar-refractivity contribution in [3.63, 3.8) is 0 Å². The van der Waals surface area contributed by atoms with Crippen molar-refractivity contribution < 1.29 is 39.5 Å². The lowest BCUT2D eigenvalue weighted by Gasteiger charge is -2.25. The maximum atomic E-state index is 14.6. The molecule has 0 radical (unpaired) electrons. The largest absolute Gasteiger partial charge is 0.417 e. The van der Waals surface area contributed by atoms with E-state index in [1.807, 2.05) is 0 Å². The second kappa shape index (κ2) is 8.79. The standard InChI is InChI=1S/C29H15F9/c30-27(31,32)22-11-5-3-9-19(22)25-18-14-13-16-7-1-2-8-17(16)21(18)15-24(29(36,37)38)26(25)20-10-4-6-12-23(20)28(33,34)35/h1-15H. The highest BCUT2D eigenvalue weighted by Crippen LogP contribution is 2.52. The van der Waals surface area contributed by atoms with Crippen LogP contribution in [0.25, 0.3) is 43.8 Å². The van der Waals surface area contributed by atoms with Crippen molar-refractivity contribution in [3.8, 4) is 22.3 Å². The molecular formula is C29H15F9. The van der Waals surface area contributed by atoms with Gasteiger partial charge in [-0.25, -0.2) is 0 Å². The molecule has 0 bridgehead atoms. The first-order valence-corrected chi connectivity index (χ1v) is 11.2. The van der Waals surface area contributed by atoms with Crippen LogP contribution >= 0.6 is 0 Å². The van der Waals surface area contributed by atoms with Crippen LogP contribution in [0.15, 0.2) is 91.0 Å². The SMILES string of the molecule is FC(F)(F)c1ccccc1-c1c(C(F)(F)F)cc2c(ccc3ccccc32)c1-c1ccccc1C(F)(F)F. The van der Waals surface area contributed by atoms with Gasteiger partial charge >= 0.3 is 18.5 Å². The summed E-state index contributed by atoms with van der Waals surface area (Å²) in [7, 11) is 0. The molecule has 0 fully saturated rings. The smallest absolute Gasteiger partial charge is 0.166 e. The highest BCUT2D eigenvalue weighted by molar-refractivity contribution is 6.16. The summed E-state index contributed by atoms with van der Waals surface area (Å²) in [6.45, 7) is 0. The van der Waals surface area contributed by atoms with Gasteiger partial charge in [-0.05, 0) is 56.4 Å². The Morgan fingerprint density at radius 1 is 0.368 bits per heavy atom. The number of hydrogen-bond donors (Lipinski definition) is 0. The molecule has 194 valence electrons. The average molecular weight is 534 g/mol. The van der Waals surface area contributed by atoms with E-state index in [0.29, 0.717) is 22.9 Å². The number of hydrogen-bond acceptors (Lipinski definition) is 0. The number of benzene rings is 5. The zero-order valence-electron chi connectivity index (χ0n) is 19.1. The fourth-order valence-electron chi connectivity index (χ4n) is 4.83. The fourth-order valence-corrected chi connectivity index (χ4v) is 4.83. The van der Waals surface area contributed by atoms with Gasteiger partial charge in [0, 0.05) is 5.56 Å². The van der Waals surface area contributed by atoms with E-state index in [1.54, 1.807) is 18.2 Å².